The van der Waals surface area contributed by atoms with Crippen LogP contribution >= 0.6 is 0 Å². The van der Waals surface area contributed by atoms with Crippen molar-refractivity contribution in [3.05, 3.63) is 70.9 Å². The number of aromatic amines is 1. The summed E-state index contributed by atoms with van der Waals surface area (Å²) in [5, 5.41) is 26.4. The number of aromatic nitrogens is 1. The number of aryl methyl sites for hydroxylation is 3. The first-order chi connectivity index (χ1) is 17.4. The average molecular weight is 498 g/mol. The summed E-state index contributed by atoms with van der Waals surface area (Å²) in [5.74, 6) is 2.98. The van der Waals surface area contributed by atoms with Gasteiger partial charge in [-0.1, -0.05) is 26.3 Å². The minimum atomic E-state index is -0.353. The Balaban J connectivity index is 1.54. The maximum Gasteiger partial charge on any atom is 0.161 e. The van der Waals surface area contributed by atoms with Gasteiger partial charge in [-0.05, 0) is 74.2 Å². The number of hydrogen-bond donors (Lipinski definition) is 5. The number of nitrogens with one attached hydrogen (secondary N) is 3. The van der Waals surface area contributed by atoms with E-state index < -0.39 is 0 Å². The summed E-state index contributed by atoms with van der Waals surface area (Å²) in [7, 11) is 1.90. The highest BCUT2D eigenvalue weighted by atomic mass is 16.5. The predicted molar refractivity (Wildman–Crippen MR) is 144 cm³/mol. The summed E-state index contributed by atoms with van der Waals surface area (Å²) in [6.45, 7) is 7.87. The Morgan fingerprint density at radius 1 is 1.03 bits per heavy atom. The lowest BCUT2D eigenvalue weighted by molar-refractivity contribution is 0.191. The molecule has 2 heterocycles. The van der Waals surface area contributed by atoms with Crippen LogP contribution in [-0.2, 0) is 19.3 Å². The number of benzene rings is 1. The lowest BCUT2D eigenvalue weighted by atomic mass is 10.0. The number of unbranched alkanes of at least 4 members (excludes halogenated alkanes) is 1. The maximum absolute atomic E-state index is 10.4. The minimum absolute atomic E-state index is 0.0518. The van der Waals surface area contributed by atoms with Crippen LogP contribution in [0.3, 0.4) is 0 Å². The van der Waals surface area contributed by atoms with Gasteiger partial charge < -0.3 is 35.0 Å². The number of rotatable bonds is 16. The molecule has 0 radical (unpaired) electrons. The smallest absolute Gasteiger partial charge is 0.161 e. The highest BCUT2D eigenvalue weighted by Gasteiger charge is 2.16. The summed E-state index contributed by atoms with van der Waals surface area (Å²) >= 11 is 0. The molecule has 36 heavy (non-hydrogen) atoms. The van der Waals surface area contributed by atoms with Gasteiger partial charge in [0.15, 0.2) is 11.5 Å². The molecule has 5 N–H and O–H groups in total. The molecule has 0 saturated carbocycles. The number of furan rings is 1. The SMILES string of the molecule is CCCCc1ccc(CCc2ccc(O)c(OC[C@H](NC)c3cc([C@H](C)CNC[C@H](C)O)c[nH]3)c2)o1. The molecule has 7 heteroatoms. The minimum Gasteiger partial charge on any atom is -0.504 e. The second kappa shape index (κ2) is 14.1. The number of aliphatic hydroxyl groups excluding tert-OH is 1. The van der Waals surface area contributed by atoms with E-state index in [0.29, 0.717) is 24.8 Å². The quantitative estimate of drug-likeness (QED) is 0.194. The third-order valence-electron chi connectivity index (χ3n) is 6.49. The van der Waals surface area contributed by atoms with Crippen molar-refractivity contribution in [2.45, 2.75) is 70.9 Å². The molecule has 7 nitrogen and oxygen atoms in total. The van der Waals surface area contributed by atoms with Gasteiger partial charge in [-0.2, -0.15) is 0 Å². The summed E-state index contributed by atoms with van der Waals surface area (Å²) in [4.78, 5) is 3.36. The number of hydrogen-bond acceptors (Lipinski definition) is 6. The molecule has 0 unspecified atom stereocenters. The van der Waals surface area contributed by atoms with Gasteiger partial charge in [0.1, 0.15) is 18.1 Å². The van der Waals surface area contributed by atoms with E-state index in [4.69, 9.17) is 9.15 Å². The molecule has 0 aliphatic carbocycles. The van der Waals surface area contributed by atoms with Crippen LogP contribution in [0.4, 0.5) is 0 Å². The maximum atomic E-state index is 10.4. The van der Waals surface area contributed by atoms with Crippen molar-refractivity contribution in [1.29, 1.82) is 0 Å². The van der Waals surface area contributed by atoms with E-state index in [2.05, 4.69) is 47.7 Å². The second-order valence-electron chi connectivity index (χ2n) is 9.72. The van der Waals surface area contributed by atoms with Crippen LogP contribution in [-0.4, -0.2) is 48.0 Å². The second-order valence-corrected chi connectivity index (χ2v) is 9.72. The zero-order valence-electron chi connectivity index (χ0n) is 22.1. The van der Waals surface area contributed by atoms with Crippen LogP contribution < -0.4 is 15.4 Å². The summed E-state index contributed by atoms with van der Waals surface area (Å²) in [6, 6.07) is 11.8. The molecule has 0 fully saturated rings. The number of ether oxygens (including phenoxy) is 1. The van der Waals surface area contributed by atoms with E-state index in [9.17, 15) is 10.2 Å². The number of aromatic hydroxyl groups is 1. The topological polar surface area (TPSA) is 103 Å². The average Bonchev–Trinajstić information content (AvgIpc) is 3.53. The van der Waals surface area contributed by atoms with Gasteiger partial charge in [0.25, 0.3) is 0 Å². The zero-order valence-corrected chi connectivity index (χ0v) is 22.1. The Morgan fingerprint density at radius 2 is 1.81 bits per heavy atom. The van der Waals surface area contributed by atoms with Crippen molar-refractivity contribution in [3.63, 3.8) is 0 Å². The van der Waals surface area contributed by atoms with Crippen molar-refractivity contribution < 1.29 is 19.4 Å². The van der Waals surface area contributed by atoms with Crippen molar-refractivity contribution in [2.24, 2.45) is 0 Å². The normalized spacial score (nSPS) is 14.0. The van der Waals surface area contributed by atoms with Crippen molar-refractivity contribution in [2.75, 3.05) is 26.7 Å². The third kappa shape index (κ3) is 8.43. The summed E-state index contributed by atoms with van der Waals surface area (Å²) in [5.41, 5.74) is 3.32. The van der Waals surface area contributed by atoms with Crippen molar-refractivity contribution in [3.8, 4) is 11.5 Å². The molecule has 2 aromatic heterocycles. The van der Waals surface area contributed by atoms with Gasteiger partial charge in [0.05, 0.1) is 12.1 Å². The number of phenolic OH excluding ortho intramolecular Hbond substituents is 1. The Kier molecular flexibility index (Phi) is 10.9. The Labute approximate surface area is 215 Å². The van der Waals surface area contributed by atoms with Crippen LogP contribution in [0.1, 0.15) is 73.9 Å². The van der Waals surface area contributed by atoms with E-state index in [1.165, 1.54) is 5.56 Å². The molecule has 3 atom stereocenters. The van der Waals surface area contributed by atoms with Gasteiger partial charge in [-0.3, -0.25) is 0 Å². The fourth-order valence-electron chi connectivity index (χ4n) is 4.18. The molecule has 0 aliphatic heterocycles. The van der Waals surface area contributed by atoms with E-state index in [-0.39, 0.29) is 17.9 Å². The first-order valence-corrected chi connectivity index (χ1v) is 13.2. The Morgan fingerprint density at radius 3 is 2.53 bits per heavy atom. The van der Waals surface area contributed by atoms with E-state index in [1.807, 2.05) is 25.4 Å². The Bertz CT molecular complexity index is 1040. The number of phenols is 1. The first kappa shape index (κ1) is 27.8. The van der Waals surface area contributed by atoms with E-state index in [1.54, 1.807) is 13.0 Å². The first-order valence-electron chi connectivity index (χ1n) is 13.2. The lowest BCUT2D eigenvalue weighted by Crippen LogP contribution is -2.27. The van der Waals surface area contributed by atoms with Crippen LogP contribution in [0.5, 0.6) is 11.5 Å². The van der Waals surface area contributed by atoms with Crippen molar-refractivity contribution in [1.82, 2.24) is 15.6 Å². The molecular formula is C29H43N3O4. The van der Waals surface area contributed by atoms with Gasteiger partial charge >= 0.3 is 0 Å². The molecule has 1 aromatic carbocycles. The summed E-state index contributed by atoms with van der Waals surface area (Å²) in [6.07, 6.45) is 6.58. The number of aliphatic hydroxyl groups is 1. The molecule has 0 amide bonds. The highest BCUT2D eigenvalue weighted by molar-refractivity contribution is 5.42. The van der Waals surface area contributed by atoms with E-state index in [0.717, 1.165) is 61.4 Å². The molecule has 3 aromatic rings. The Hall–Kier alpha value is -2.74. The number of H-pyrrole nitrogens is 1. The van der Waals surface area contributed by atoms with E-state index >= 15 is 0 Å². The molecule has 0 bridgehead atoms. The molecule has 3 rings (SSSR count). The lowest BCUT2D eigenvalue weighted by Gasteiger charge is -2.17. The van der Waals surface area contributed by atoms with Crippen LogP contribution in [0.25, 0.3) is 0 Å². The van der Waals surface area contributed by atoms with Crippen molar-refractivity contribution >= 4 is 0 Å². The highest BCUT2D eigenvalue weighted by Crippen LogP contribution is 2.29. The fourth-order valence-corrected chi connectivity index (χ4v) is 4.18. The molecule has 198 valence electrons. The standard InChI is InChI=1S/C29H43N3O4/c1-5-6-7-24-11-12-25(36-24)10-8-22-9-13-28(34)29(14-22)35-19-27(30-4)26-15-23(18-32-26)20(2)16-31-17-21(3)33/h9,11-15,18,20-21,27,30-34H,5-8,10,16-17,19H2,1-4H3/t20-,21+,27+/m1/s1. The molecule has 0 aliphatic rings. The zero-order chi connectivity index (χ0) is 25.9. The van der Waals surface area contributed by atoms with Gasteiger partial charge in [-0.15, -0.1) is 0 Å². The van der Waals surface area contributed by atoms with Gasteiger partial charge in [0.2, 0.25) is 0 Å². The van der Waals surface area contributed by atoms with Crippen LogP contribution in [0, 0.1) is 0 Å². The van der Waals surface area contributed by atoms with Crippen LogP contribution in [0.2, 0.25) is 0 Å². The predicted octanol–water partition coefficient (Wildman–Crippen LogP) is 4.85. The molecule has 0 spiro atoms. The van der Waals surface area contributed by atoms with Gasteiger partial charge in [-0.25, -0.2) is 0 Å². The van der Waals surface area contributed by atoms with Gasteiger partial charge in [0, 0.05) is 37.8 Å². The third-order valence-corrected chi connectivity index (χ3v) is 6.49. The van der Waals surface area contributed by atoms with Crippen LogP contribution in [0.15, 0.2) is 47.0 Å². The largest absolute Gasteiger partial charge is 0.504 e. The summed E-state index contributed by atoms with van der Waals surface area (Å²) < 4.78 is 12.0. The molecule has 0 saturated heterocycles. The monoisotopic (exact) mass is 497 g/mol. The number of likely N-dealkylation sites (N-methyl/N-ethyl adjacent to an activating group) is 1. The molecular weight excluding hydrogens is 454 g/mol. The fraction of sp³-hybridized carbons (Fsp3) is 0.517.